The first-order valence-electron chi connectivity index (χ1n) is 6.05. The van der Waals surface area contributed by atoms with Crippen LogP contribution in [0.2, 0.25) is 5.02 Å². The zero-order valence-corrected chi connectivity index (χ0v) is 10.0. The first-order valence-corrected chi connectivity index (χ1v) is 6.43. The van der Waals surface area contributed by atoms with E-state index < -0.39 is 0 Å². The van der Waals surface area contributed by atoms with Gasteiger partial charge in [-0.1, -0.05) is 11.6 Å². The van der Waals surface area contributed by atoms with Gasteiger partial charge >= 0.3 is 0 Å². The monoisotopic (exact) mass is 236 g/mol. The number of anilines is 2. The smallest absolute Gasteiger partial charge is 0.0591 e. The van der Waals surface area contributed by atoms with Crippen LogP contribution in [0.25, 0.3) is 0 Å². The van der Waals surface area contributed by atoms with Crippen molar-refractivity contribution in [1.82, 2.24) is 0 Å². The molecule has 3 heteroatoms. The molecule has 3 N–H and O–H groups in total. The van der Waals surface area contributed by atoms with Crippen LogP contribution < -0.4 is 11.1 Å². The van der Waals surface area contributed by atoms with Gasteiger partial charge in [-0.2, -0.15) is 0 Å². The lowest BCUT2D eigenvalue weighted by atomic mass is 10.1. The zero-order chi connectivity index (χ0) is 11.1. The molecule has 2 saturated carbocycles. The van der Waals surface area contributed by atoms with Crippen LogP contribution in [0.5, 0.6) is 0 Å². The van der Waals surface area contributed by atoms with E-state index in [4.69, 9.17) is 17.3 Å². The van der Waals surface area contributed by atoms with Gasteiger partial charge in [-0.05, 0) is 55.7 Å². The summed E-state index contributed by atoms with van der Waals surface area (Å²) in [4.78, 5) is 0. The molecule has 1 aromatic rings. The minimum absolute atomic E-state index is 0.626. The average Bonchev–Trinajstić information content (AvgIpc) is 3.13. The standard InChI is InChI=1S/C13H17ClN2/c14-10-5-6-11(15)12(7-10)16-13(8-1-2-8)9-3-4-9/h5-9,13,16H,1-4,15H2. The van der Waals surface area contributed by atoms with Crippen molar-refractivity contribution in [2.75, 3.05) is 11.1 Å². The number of nitrogen functional groups attached to an aromatic ring is 1. The summed E-state index contributed by atoms with van der Waals surface area (Å²) in [6.45, 7) is 0. The number of hydrogen-bond acceptors (Lipinski definition) is 2. The Bertz CT molecular complexity index is 385. The third-order valence-corrected chi connectivity index (χ3v) is 3.83. The molecule has 2 aliphatic rings. The van der Waals surface area contributed by atoms with E-state index in [0.29, 0.717) is 6.04 Å². The Morgan fingerprint density at radius 1 is 1.19 bits per heavy atom. The Kier molecular flexibility index (Phi) is 2.47. The maximum absolute atomic E-state index is 6.00. The number of halogens is 1. The molecule has 2 aliphatic carbocycles. The Labute approximate surface area is 101 Å². The van der Waals surface area contributed by atoms with Crippen molar-refractivity contribution in [3.05, 3.63) is 23.2 Å². The normalized spacial score (nSPS) is 20.1. The predicted molar refractivity (Wildman–Crippen MR) is 68.7 cm³/mol. The summed E-state index contributed by atoms with van der Waals surface area (Å²) in [6.07, 6.45) is 5.48. The van der Waals surface area contributed by atoms with Gasteiger partial charge in [0.2, 0.25) is 0 Å². The van der Waals surface area contributed by atoms with E-state index in [-0.39, 0.29) is 0 Å². The first kappa shape index (κ1) is 10.3. The summed E-state index contributed by atoms with van der Waals surface area (Å²) in [6, 6.07) is 6.28. The molecule has 3 rings (SSSR count). The third-order valence-electron chi connectivity index (χ3n) is 3.60. The van der Waals surface area contributed by atoms with E-state index in [1.54, 1.807) is 0 Å². The largest absolute Gasteiger partial charge is 0.397 e. The Balaban J connectivity index is 1.78. The van der Waals surface area contributed by atoms with Gasteiger partial charge in [-0.25, -0.2) is 0 Å². The van der Waals surface area contributed by atoms with E-state index in [9.17, 15) is 0 Å². The van der Waals surface area contributed by atoms with Gasteiger partial charge < -0.3 is 11.1 Å². The molecule has 0 amide bonds. The molecule has 2 nitrogen and oxygen atoms in total. The van der Waals surface area contributed by atoms with Crippen LogP contribution in [0.3, 0.4) is 0 Å². The molecule has 2 fully saturated rings. The number of rotatable bonds is 4. The molecule has 0 aromatic heterocycles. The van der Waals surface area contributed by atoms with Crippen molar-refractivity contribution in [2.45, 2.75) is 31.7 Å². The Morgan fingerprint density at radius 2 is 1.81 bits per heavy atom. The van der Waals surface area contributed by atoms with Gasteiger partial charge in [0.25, 0.3) is 0 Å². The van der Waals surface area contributed by atoms with Gasteiger partial charge in [0.1, 0.15) is 0 Å². The van der Waals surface area contributed by atoms with Crippen LogP contribution in [0, 0.1) is 11.8 Å². The topological polar surface area (TPSA) is 38.0 Å². The lowest BCUT2D eigenvalue weighted by Crippen LogP contribution is -2.24. The highest BCUT2D eigenvalue weighted by Gasteiger charge is 2.41. The van der Waals surface area contributed by atoms with E-state index in [0.717, 1.165) is 28.2 Å². The summed E-state index contributed by atoms with van der Waals surface area (Å²) in [5.74, 6) is 1.73. The summed E-state index contributed by atoms with van der Waals surface area (Å²) in [5, 5.41) is 4.35. The molecule has 0 saturated heterocycles. The fourth-order valence-corrected chi connectivity index (χ4v) is 2.54. The number of nitrogens with one attached hydrogen (secondary N) is 1. The number of benzene rings is 1. The molecule has 0 heterocycles. The quantitative estimate of drug-likeness (QED) is 0.785. The van der Waals surface area contributed by atoms with Crippen molar-refractivity contribution in [3.8, 4) is 0 Å². The highest BCUT2D eigenvalue weighted by Crippen LogP contribution is 2.46. The third kappa shape index (κ3) is 2.12. The average molecular weight is 237 g/mol. The minimum Gasteiger partial charge on any atom is -0.397 e. The molecule has 0 atom stereocenters. The molecule has 0 aliphatic heterocycles. The fraction of sp³-hybridized carbons (Fsp3) is 0.538. The molecule has 0 bridgehead atoms. The Hall–Kier alpha value is -0.890. The highest BCUT2D eigenvalue weighted by molar-refractivity contribution is 6.31. The Morgan fingerprint density at radius 3 is 2.38 bits per heavy atom. The predicted octanol–water partition coefficient (Wildman–Crippen LogP) is 3.52. The van der Waals surface area contributed by atoms with Crippen molar-refractivity contribution in [1.29, 1.82) is 0 Å². The van der Waals surface area contributed by atoms with E-state index in [1.165, 1.54) is 25.7 Å². The lowest BCUT2D eigenvalue weighted by molar-refractivity contribution is 0.568. The van der Waals surface area contributed by atoms with Gasteiger partial charge in [-0.3, -0.25) is 0 Å². The van der Waals surface area contributed by atoms with Crippen LogP contribution in [0.1, 0.15) is 25.7 Å². The molecule has 0 spiro atoms. The lowest BCUT2D eigenvalue weighted by Gasteiger charge is -2.20. The summed E-state index contributed by atoms with van der Waals surface area (Å²) >= 11 is 6.00. The number of hydrogen-bond donors (Lipinski definition) is 2. The second kappa shape index (κ2) is 3.85. The van der Waals surface area contributed by atoms with Gasteiger partial charge in [0, 0.05) is 11.1 Å². The molecule has 0 unspecified atom stereocenters. The van der Waals surface area contributed by atoms with Crippen LogP contribution in [-0.4, -0.2) is 6.04 Å². The molecule has 0 radical (unpaired) electrons. The second-order valence-electron chi connectivity index (χ2n) is 5.08. The summed E-state index contributed by atoms with van der Waals surface area (Å²) in [7, 11) is 0. The van der Waals surface area contributed by atoms with Crippen molar-refractivity contribution < 1.29 is 0 Å². The van der Waals surface area contributed by atoms with E-state index in [1.807, 2.05) is 18.2 Å². The van der Waals surface area contributed by atoms with Gasteiger partial charge in [-0.15, -0.1) is 0 Å². The molecular weight excluding hydrogens is 220 g/mol. The van der Waals surface area contributed by atoms with Gasteiger partial charge in [0.15, 0.2) is 0 Å². The van der Waals surface area contributed by atoms with Crippen molar-refractivity contribution in [3.63, 3.8) is 0 Å². The maximum atomic E-state index is 6.00. The first-order chi connectivity index (χ1) is 7.74. The van der Waals surface area contributed by atoms with Crippen LogP contribution in [0.15, 0.2) is 18.2 Å². The van der Waals surface area contributed by atoms with Crippen molar-refractivity contribution >= 4 is 23.0 Å². The van der Waals surface area contributed by atoms with Gasteiger partial charge in [0.05, 0.1) is 11.4 Å². The van der Waals surface area contributed by atoms with Crippen LogP contribution in [0.4, 0.5) is 11.4 Å². The highest BCUT2D eigenvalue weighted by atomic mass is 35.5. The second-order valence-corrected chi connectivity index (χ2v) is 5.51. The molecule has 1 aromatic carbocycles. The SMILES string of the molecule is Nc1ccc(Cl)cc1NC(C1CC1)C1CC1. The van der Waals surface area contributed by atoms with Crippen LogP contribution in [-0.2, 0) is 0 Å². The summed E-state index contributed by atoms with van der Waals surface area (Å²) in [5.41, 5.74) is 7.77. The van der Waals surface area contributed by atoms with E-state index in [2.05, 4.69) is 5.32 Å². The number of nitrogens with two attached hydrogens (primary N) is 1. The molecular formula is C13H17ClN2. The molecule has 86 valence electrons. The van der Waals surface area contributed by atoms with Crippen LogP contribution >= 0.6 is 11.6 Å². The summed E-state index contributed by atoms with van der Waals surface area (Å²) < 4.78 is 0. The van der Waals surface area contributed by atoms with Crippen molar-refractivity contribution in [2.24, 2.45) is 11.8 Å². The van der Waals surface area contributed by atoms with E-state index >= 15 is 0 Å². The minimum atomic E-state index is 0.626. The fourth-order valence-electron chi connectivity index (χ4n) is 2.36. The molecule has 16 heavy (non-hydrogen) atoms. The zero-order valence-electron chi connectivity index (χ0n) is 9.25. The maximum Gasteiger partial charge on any atom is 0.0591 e.